The molecule has 2 nitrogen and oxygen atoms in total. The zero-order valence-electron chi connectivity index (χ0n) is 31.1. The lowest BCUT2D eigenvalue weighted by Gasteiger charge is -2.34. The number of thiazole rings is 1. The zero-order valence-corrected chi connectivity index (χ0v) is 32.8. The lowest BCUT2D eigenvalue weighted by Crippen LogP contribution is -2.33. The van der Waals surface area contributed by atoms with Crippen LogP contribution in [-0.4, -0.2) is 11.9 Å². The maximum Gasteiger partial charge on any atom is 0.263 e. The molecule has 1 unspecified atom stereocenters. The van der Waals surface area contributed by atoms with Gasteiger partial charge >= 0.3 is 0 Å². The highest BCUT2D eigenvalue weighted by Gasteiger charge is 2.34. The Balaban J connectivity index is 1.05. The molecule has 5 aromatic rings. The summed E-state index contributed by atoms with van der Waals surface area (Å²) >= 11 is 4.01. The van der Waals surface area contributed by atoms with Crippen LogP contribution >= 0.6 is 23.1 Å². The standard InChI is InChI=1S/C47H51N2S2/c1-7-48-40-22-20-36-16-9-11-18-38(36)44(40)50-42(48)26-34-24-32(28-46(3,4)30-34)14-13-15-33-25-35(31-47(5,6)29-33)27-43-49(8-2)41-23-21-37-17-10-12-19-39(37)45(41)51-43/h9-26,43H,7-8,27-31H2,1-6H3/q+1. The number of rotatable bonds is 7. The lowest BCUT2D eigenvalue weighted by atomic mass is 9.74. The number of nitrogens with zero attached hydrogens (tertiary/aromatic N) is 2. The zero-order chi connectivity index (χ0) is 35.3. The molecule has 2 aliphatic carbocycles. The number of thioether (sulfide) groups is 1. The van der Waals surface area contributed by atoms with Crippen LogP contribution in [-0.2, 0) is 6.54 Å². The summed E-state index contributed by atoms with van der Waals surface area (Å²) in [4.78, 5) is 4.08. The molecule has 8 rings (SSSR count). The number of allylic oxidation sites excluding steroid dienone is 8. The first-order valence-corrected chi connectivity index (χ1v) is 20.6. The number of hydrogen-bond donors (Lipinski definition) is 0. The Morgan fingerprint density at radius 2 is 1.49 bits per heavy atom. The molecule has 0 radical (unpaired) electrons. The van der Waals surface area contributed by atoms with E-state index < -0.39 is 0 Å². The molecule has 3 aliphatic rings. The summed E-state index contributed by atoms with van der Waals surface area (Å²) in [5.41, 5.74) is 9.13. The van der Waals surface area contributed by atoms with Gasteiger partial charge in [-0.15, -0.1) is 0 Å². The summed E-state index contributed by atoms with van der Waals surface area (Å²) < 4.78 is 3.89. The number of aromatic nitrogens is 1. The van der Waals surface area contributed by atoms with E-state index in [0.717, 1.165) is 38.8 Å². The molecule has 0 amide bonds. The van der Waals surface area contributed by atoms with Crippen molar-refractivity contribution in [1.29, 1.82) is 0 Å². The first kappa shape index (κ1) is 34.2. The molecular formula is C47H51N2S2+. The van der Waals surface area contributed by atoms with Crippen molar-refractivity contribution in [2.24, 2.45) is 10.8 Å². The van der Waals surface area contributed by atoms with E-state index in [-0.39, 0.29) is 10.8 Å². The minimum absolute atomic E-state index is 0.223. The summed E-state index contributed by atoms with van der Waals surface area (Å²) in [6.07, 6.45) is 20.2. The smallest absolute Gasteiger partial charge is 0.263 e. The van der Waals surface area contributed by atoms with Crippen LogP contribution in [0.3, 0.4) is 0 Å². The topological polar surface area (TPSA) is 7.12 Å². The average molecular weight is 708 g/mol. The number of fused-ring (bicyclic) bond motifs is 6. The van der Waals surface area contributed by atoms with Crippen molar-refractivity contribution in [1.82, 2.24) is 0 Å². The number of anilines is 1. The van der Waals surface area contributed by atoms with Gasteiger partial charge in [0.15, 0.2) is 0 Å². The maximum absolute atomic E-state index is 2.63. The molecule has 4 aromatic carbocycles. The van der Waals surface area contributed by atoms with Gasteiger partial charge in [-0.05, 0) is 102 Å². The van der Waals surface area contributed by atoms with Crippen molar-refractivity contribution in [3.63, 3.8) is 0 Å². The highest BCUT2D eigenvalue weighted by Crippen LogP contribution is 2.50. The van der Waals surface area contributed by atoms with Gasteiger partial charge in [-0.1, -0.05) is 141 Å². The molecule has 0 N–H and O–H groups in total. The SMILES string of the molecule is CCN1c2ccc3ccccc3c2SC1CC1=CC(=CC=CC2=CC(=Cc3sc4c5ccccc5ccc4[n+]3CC)CC(C)(C)C2)CC(C)(C)C1. The van der Waals surface area contributed by atoms with Crippen LogP contribution in [0.5, 0.6) is 0 Å². The fourth-order valence-electron chi connectivity index (χ4n) is 8.94. The molecule has 0 spiro atoms. The van der Waals surface area contributed by atoms with Crippen molar-refractivity contribution in [2.75, 3.05) is 11.4 Å². The Labute approximate surface area is 313 Å². The predicted molar refractivity (Wildman–Crippen MR) is 224 cm³/mol. The molecule has 4 heteroatoms. The van der Waals surface area contributed by atoms with Crippen LogP contribution in [0.25, 0.3) is 37.8 Å². The second-order valence-corrected chi connectivity index (χ2v) is 18.6. The minimum atomic E-state index is 0.223. The van der Waals surface area contributed by atoms with Gasteiger partial charge < -0.3 is 4.90 Å². The number of aryl methyl sites for hydroxylation is 1. The average Bonchev–Trinajstić information content (AvgIpc) is 3.63. The van der Waals surface area contributed by atoms with Gasteiger partial charge in [-0.3, -0.25) is 0 Å². The molecule has 51 heavy (non-hydrogen) atoms. The molecule has 0 saturated heterocycles. The van der Waals surface area contributed by atoms with Crippen LogP contribution < -0.4 is 9.47 Å². The number of benzene rings is 4. The molecule has 0 bridgehead atoms. The molecular weight excluding hydrogens is 657 g/mol. The fraction of sp³-hybridized carbons (Fsp3) is 0.340. The molecule has 0 saturated carbocycles. The summed E-state index contributed by atoms with van der Waals surface area (Å²) in [5, 5.41) is 7.20. The van der Waals surface area contributed by atoms with Crippen molar-refractivity contribution >= 4 is 66.6 Å². The third-order valence-corrected chi connectivity index (χ3v) is 13.5. The van der Waals surface area contributed by atoms with Crippen LogP contribution in [0.4, 0.5) is 5.69 Å². The van der Waals surface area contributed by atoms with Gasteiger partial charge in [-0.2, -0.15) is 4.57 Å². The first-order chi connectivity index (χ1) is 24.6. The summed E-state index contributed by atoms with van der Waals surface area (Å²) in [6.45, 7) is 16.3. The highest BCUT2D eigenvalue weighted by atomic mass is 32.2. The lowest BCUT2D eigenvalue weighted by molar-refractivity contribution is -0.665. The van der Waals surface area contributed by atoms with Crippen molar-refractivity contribution in [3.05, 3.63) is 130 Å². The van der Waals surface area contributed by atoms with Gasteiger partial charge in [0.1, 0.15) is 11.2 Å². The van der Waals surface area contributed by atoms with Crippen LogP contribution in [0.2, 0.25) is 0 Å². The van der Waals surface area contributed by atoms with Gasteiger partial charge in [0.2, 0.25) is 5.52 Å². The van der Waals surface area contributed by atoms with Crippen LogP contribution in [0.15, 0.2) is 130 Å². The Bertz CT molecular complexity index is 2310. The Hall–Kier alpha value is -3.86. The van der Waals surface area contributed by atoms with E-state index in [1.54, 1.807) is 5.57 Å². The second-order valence-electron chi connectivity index (χ2n) is 16.4. The van der Waals surface area contributed by atoms with E-state index >= 15 is 0 Å². The van der Waals surface area contributed by atoms with E-state index in [0.29, 0.717) is 5.37 Å². The predicted octanol–water partition coefficient (Wildman–Crippen LogP) is 13.2. The van der Waals surface area contributed by atoms with Crippen LogP contribution in [0, 0.1) is 10.8 Å². The summed E-state index contributed by atoms with van der Waals surface area (Å²) in [7, 11) is 0. The molecule has 1 aromatic heterocycles. The fourth-order valence-corrected chi connectivity index (χ4v) is 11.9. The number of hydrogen-bond acceptors (Lipinski definition) is 3. The minimum Gasteiger partial charge on any atom is -0.358 e. The van der Waals surface area contributed by atoms with Gasteiger partial charge in [0.05, 0.1) is 11.1 Å². The van der Waals surface area contributed by atoms with E-state index in [1.165, 1.54) is 70.5 Å². The Morgan fingerprint density at radius 1 is 0.784 bits per heavy atom. The third-order valence-electron chi connectivity index (χ3n) is 10.9. The Kier molecular flexibility index (Phi) is 9.13. The van der Waals surface area contributed by atoms with Crippen molar-refractivity contribution in [2.45, 2.75) is 90.5 Å². The van der Waals surface area contributed by atoms with Crippen molar-refractivity contribution < 1.29 is 4.57 Å². The summed E-state index contributed by atoms with van der Waals surface area (Å²) in [5.74, 6) is 0. The monoisotopic (exact) mass is 707 g/mol. The highest BCUT2D eigenvalue weighted by molar-refractivity contribution is 8.00. The van der Waals surface area contributed by atoms with Crippen molar-refractivity contribution in [3.8, 4) is 0 Å². The molecule has 0 fully saturated rings. The van der Waals surface area contributed by atoms with Gasteiger partial charge in [0, 0.05) is 29.0 Å². The van der Waals surface area contributed by atoms with E-state index in [2.05, 4.69) is 172 Å². The molecule has 260 valence electrons. The van der Waals surface area contributed by atoms with E-state index in [1.807, 2.05) is 11.3 Å². The van der Waals surface area contributed by atoms with Gasteiger partial charge in [-0.25, -0.2) is 0 Å². The first-order valence-electron chi connectivity index (χ1n) is 18.9. The normalized spacial score (nSPS) is 21.7. The quantitative estimate of drug-likeness (QED) is 0.155. The van der Waals surface area contributed by atoms with Crippen LogP contribution in [0.1, 0.15) is 78.7 Å². The van der Waals surface area contributed by atoms with E-state index in [4.69, 9.17) is 0 Å². The molecule has 2 heterocycles. The largest absolute Gasteiger partial charge is 0.358 e. The second kappa shape index (κ2) is 13.6. The van der Waals surface area contributed by atoms with Gasteiger partial charge in [0.25, 0.3) is 5.01 Å². The Morgan fingerprint density at radius 3 is 2.27 bits per heavy atom. The third kappa shape index (κ3) is 6.90. The summed E-state index contributed by atoms with van der Waals surface area (Å²) in [6, 6.07) is 26.9. The van der Waals surface area contributed by atoms with E-state index in [9.17, 15) is 0 Å². The molecule has 1 atom stereocenters. The maximum atomic E-state index is 2.63. The molecule has 1 aliphatic heterocycles.